The maximum absolute atomic E-state index is 12.0. The number of amides is 1. The van der Waals surface area contributed by atoms with Crippen LogP contribution in [0.5, 0.6) is 0 Å². The predicted octanol–water partition coefficient (Wildman–Crippen LogP) is 0.0590. The van der Waals surface area contributed by atoms with Crippen LogP contribution in [0.15, 0.2) is 12.3 Å². The Kier molecular flexibility index (Phi) is 3.51. The van der Waals surface area contributed by atoms with Crippen LogP contribution in [0.4, 0.5) is 10.6 Å². The predicted molar refractivity (Wildman–Crippen MR) is 71.3 cm³/mol. The number of pyridine rings is 1. The third-order valence-electron chi connectivity index (χ3n) is 2.74. The minimum Gasteiger partial charge on any atom is -0.443 e. The second-order valence-corrected chi connectivity index (χ2v) is 5.51. The fraction of sp³-hybridized carbons (Fsp3) is 0.500. The van der Waals surface area contributed by atoms with Gasteiger partial charge in [-0.2, -0.15) is 0 Å². The molecule has 19 heavy (non-hydrogen) atoms. The third-order valence-corrected chi connectivity index (χ3v) is 2.74. The molecule has 0 fully saturated rings. The molecule has 0 saturated heterocycles. The first kappa shape index (κ1) is 13.8. The number of fused-ring (bicyclic) bond motifs is 1. The normalized spacial score (nSPS) is 14.3. The highest BCUT2D eigenvalue weighted by Gasteiger charge is 2.30. The molecule has 2 rings (SSSR count). The Morgan fingerprint density at radius 2 is 2.16 bits per heavy atom. The van der Waals surface area contributed by atoms with Crippen LogP contribution in [-0.2, 0) is 11.2 Å². The highest BCUT2D eigenvalue weighted by Crippen LogP contribution is 2.26. The van der Waals surface area contributed by atoms with Gasteiger partial charge >= 0.3 is 13.2 Å². The summed E-state index contributed by atoms with van der Waals surface area (Å²) in [6.07, 6.45) is 1.55. The molecule has 1 aromatic rings. The molecular weight excluding hydrogens is 247 g/mol. The number of carbonyl (C=O) groups excluding carboxylic acids is 1. The van der Waals surface area contributed by atoms with Gasteiger partial charge in [0.1, 0.15) is 11.4 Å². The smallest absolute Gasteiger partial charge is 0.443 e. The fourth-order valence-corrected chi connectivity index (χ4v) is 1.92. The van der Waals surface area contributed by atoms with Crippen molar-refractivity contribution >= 4 is 24.5 Å². The molecule has 2 N–H and O–H groups in total. The third kappa shape index (κ3) is 3.05. The molecule has 0 aliphatic carbocycles. The molecule has 1 amide bonds. The van der Waals surface area contributed by atoms with Crippen molar-refractivity contribution in [2.24, 2.45) is 0 Å². The Morgan fingerprint density at radius 1 is 1.47 bits per heavy atom. The summed E-state index contributed by atoms with van der Waals surface area (Å²) < 4.78 is 5.30. The standard InChI is InChI=1S/C12H17BN2O4/c1-12(2,3)19-11(16)15-5-4-8-6-9(13(17)18)7-14-10(8)15/h6-7,17-18H,4-5H2,1-3H3. The molecule has 6 nitrogen and oxygen atoms in total. The monoisotopic (exact) mass is 264 g/mol. The highest BCUT2D eigenvalue weighted by atomic mass is 16.6. The summed E-state index contributed by atoms with van der Waals surface area (Å²) in [6.45, 7) is 5.91. The zero-order chi connectivity index (χ0) is 14.2. The molecule has 2 heterocycles. The summed E-state index contributed by atoms with van der Waals surface area (Å²) in [6, 6.07) is 1.65. The molecule has 7 heteroatoms. The number of rotatable bonds is 1. The first-order valence-electron chi connectivity index (χ1n) is 6.13. The van der Waals surface area contributed by atoms with E-state index >= 15 is 0 Å². The number of anilines is 1. The van der Waals surface area contributed by atoms with Gasteiger partial charge in [0.05, 0.1) is 0 Å². The minimum absolute atomic E-state index is 0.324. The van der Waals surface area contributed by atoms with Crippen LogP contribution in [0.25, 0.3) is 0 Å². The quantitative estimate of drug-likeness (QED) is 0.701. The molecule has 0 aromatic carbocycles. The van der Waals surface area contributed by atoms with E-state index in [-0.39, 0.29) is 0 Å². The fourth-order valence-electron chi connectivity index (χ4n) is 1.92. The first-order valence-corrected chi connectivity index (χ1v) is 6.13. The van der Waals surface area contributed by atoms with E-state index in [0.29, 0.717) is 24.2 Å². The van der Waals surface area contributed by atoms with Gasteiger partial charge in [0, 0.05) is 18.2 Å². The van der Waals surface area contributed by atoms with Crippen LogP contribution in [0.2, 0.25) is 0 Å². The summed E-state index contributed by atoms with van der Waals surface area (Å²) in [4.78, 5) is 17.6. The van der Waals surface area contributed by atoms with Crippen LogP contribution in [-0.4, -0.2) is 40.4 Å². The van der Waals surface area contributed by atoms with Crippen LogP contribution in [0, 0.1) is 0 Å². The number of hydrogen-bond donors (Lipinski definition) is 2. The van der Waals surface area contributed by atoms with Crippen LogP contribution in [0.1, 0.15) is 26.3 Å². The van der Waals surface area contributed by atoms with Crippen molar-refractivity contribution in [1.82, 2.24) is 4.98 Å². The lowest BCUT2D eigenvalue weighted by Gasteiger charge is -2.24. The zero-order valence-electron chi connectivity index (χ0n) is 11.3. The molecule has 0 atom stereocenters. The second-order valence-electron chi connectivity index (χ2n) is 5.51. The Labute approximate surface area is 112 Å². The maximum Gasteiger partial charge on any atom is 0.490 e. The largest absolute Gasteiger partial charge is 0.490 e. The summed E-state index contributed by atoms with van der Waals surface area (Å²) in [5.41, 5.74) is 0.586. The SMILES string of the molecule is CC(C)(C)OC(=O)N1CCc2cc(B(O)O)cnc21. The first-order chi connectivity index (χ1) is 8.78. The maximum atomic E-state index is 12.0. The molecular formula is C12H17BN2O4. The molecule has 0 unspecified atom stereocenters. The minimum atomic E-state index is -1.55. The highest BCUT2D eigenvalue weighted by molar-refractivity contribution is 6.58. The van der Waals surface area contributed by atoms with Gasteiger partial charge in [-0.25, -0.2) is 9.78 Å². The topological polar surface area (TPSA) is 82.9 Å². The van der Waals surface area contributed by atoms with E-state index in [1.54, 1.807) is 26.8 Å². The van der Waals surface area contributed by atoms with Gasteiger partial charge in [0.25, 0.3) is 0 Å². The summed E-state index contributed by atoms with van der Waals surface area (Å²) in [7, 11) is -1.55. The van der Waals surface area contributed by atoms with E-state index in [9.17, 15) is 4.79 Å². The lowest BCUT2D eigenvalue weighted by molar-refractivity contribution is 0.0583. The van der Waals surface area contributed by atoms with E-state index in [1.165, 1.54) is 11.1 Å². The lowest BCUT2D eigenvalue weighted by atomic mass is 9.81. The number of aromatic nitrogens is 1. The summed E-state index contributed by atoms with van der Waals surface area (Å²) >= 11 is 0. The average molecular weight is 264 g/mol. The number of carbonyl (C=O) groups is 1. The van der Waals surface area contributed by atoms with Gasteiger partial charge in [-0.3, -0.25) is 4.90 Å². The Hall–Kier alpha value is -1.60. The lowest BCUT2D eigenvalue weighted by Crippen LogP contribution is -2.36. The molecule has 1 aromatic heterocycles. The van der Waals surface area contributed by atoms with Crippen LogP contribution >= 0.6 is 0 Å². The van der Waals surface area contributed by atoms with E-state index in [2.05, 4.69) is 4.98 Å². The molecule has 0 saturated carbocycles. The number of ether oxygens (including phenoxy) is 1. The Balaban J connectivity index is 2.21. The van der Waals surface area contributed by atoms with Gasteiger partial charge in [0.15, 0.2) is 0 Å². The van der Waals surface area contributed by atoms with Crippen molar-refractivity contribution in [1.29, 1.82) is 0 Å². The van der Waals surface area contributed by atoms with Gasteiger partial charge < -0.3 is 14.8 Å². The van der Waals surface area contributed by atoms with Gasteiger partial charge in [-0.1, -0.05) is 6.07 Å². The van der Waals surface area contributed by atoms with E-state index in [0.717, 1.165) is 5.56 Å². The molecule has 102 valence electrons. The molecule has 0 bridgehead atoms. The van der Waals surface area contributed by atoms with E-state index in [4.69, 9.17) is 14.8 Å². The molecule has 1 aliphatic rings. The van der Waals surface area contributed by atoms with Crippen LogP contribution < -0.4 is 10.4 Å². The molecule has 0 radical (unpaired) electrons. The van der Waals surface area contributed by atoms with Gasteiger partial charge in [-0.15, -0.1) is 0 Å². The van der Waals surface area contributed by atoms with E-state index in [1.807, 2.05) is 0 Å². The van der Waals surface area contributed by atoms with Crippen molar-refractivity contribution in [3.63, 3.8) is 0 Å². The zero-order valence-corrected chi connectivity index (χ0v) is 11.3. The van der Waals surface area contributed by atoms with Gasteiger partial charge in [0.2, 0.25) is 0 Å². The summed E-state index contributed by atoms with van der Waals surface area (Å²) in [5.74, 6) is 0.527. The molecule has 0 spiro atoms. The Morgan fingerprint density at radius 3 is 2.74 bits per heavy atom. The van der Waals surface area contributed by atoms with Crippen molar-refractivity contribution in [3.8, 4) is 0 Å². The van der Waals surface area contributed by atoms with Gasteiger partial charge in [-0.05, 0) is 32.8 Å². The molecule has 1 aliphatic heterocycles. The van der Waals surface area contributed by atoms with Crippen molar-refractivity contribution in [2.75, 3.05) is 11.4 Å². The van der Waals surface area contributed by atoms with Crippen molar-refractivity contribution in [3.05, 3.63) is 17.8 Å². The van der Waals surface area contributed by atoms with Crippen molar-refractivity contribution < 1.29 is 19.6 Å². The number of nitrogens with zero attached hydrogens (tertiary/aromatic N) is 2. The van der Waals surface area contributed by atoms with Crippen molar-refractivity contribution in [2.45, 2.75) is 32.8 Å². The Bertz CT molecular complexity index is 499. The summed E-state index contributed by atoms with van der Waals surface area (Å²) in [5, 5.41) is 18.2. The van der Waals surface area contributed by atoms with Crippen LogP contribution in [0.3, 0.4) is 0 Å². The average Bonchev–Trinajstić information content (AvgIpc) is 2.68. The van der Waals surface area contributed by atoms with E-state index < -0.39 is 18.8 Å². The second kappa shape index (κ2) is 4.83. The number of hydrogen-bond acceptors (Lipinski definition) is 5.